The molecule has 8 heteroatoms. The molecule has 2 nitrogen and oxygen atoms in total. The van der Waals surface area contributed by atoms with Crippen molar-refractivity contribution in [3.8, 4) is 0 Å². The summed E-state index contributed by atoms with van der Waals surface area (Å²) in [6.45, 7) is 0. The van der Waals surface area contributed by atoms with Crippen molar-refractivity contribution in [2.24, 2.45) is 8.58 Å². The Labute approximate surface area is 68.0 Å². The Morgan fingerprint density at radius 3 is 0.875 bits per heavy atom. The molecule has 0 aromatic carbocycles. The van der Waals surface area contributed by atoms with Crippen LogP contribution in [0.4, 0.5) is 0 Å². The van der Waals surface area contributed by atoms with Crippen molar-refractivity contribution in [1.82, 2.24) is 0 Å². The normalized spacial score (nSPS) is 20.2. The van der Waals surface area contributed by atoms with Gasteiger partial charge in [0.05, 0.1) is 0 Å². The van der Waals surface area contributed by atoms with Crippen LogP contribution in [0.1, 0.15) is 0 Å². The molecule has 0 amide bonds. The van der Waals surface area contributed by atoms with E-state index in [1.54, 1.807) is 0 Å². The van der Waals surface area contributed by atoms with Crippen LogP contribution in [-0.2, 0) is 9.90 Å². The van der Waals surface area contributed by atoms with Gasteiger partial charge in [0.25, 0.3) is 0 Å². The Balaban J connectivity index is 0. The Morgan fingerprint density at radius 2 is 0.875 bits per heavy atom. The second kappa shape index (κ2) is 2.02. The van der Waals surface area contributed by atoms with E-state index in [-0.39, 0.29) is 12.4 Å². The summed E-state index contributed by atoms with van der Waals surface area (Å²) >= 11 is 0. The molecule has 0 radical (unpaired) electrons. The van der Waals surface area contributed by atoms with Crippen LogP contribution in [0.2, 0.25) is 0 Å². The van der Waals surface area contributed by atoms with Crippen LogP contribution in [0, 0.1) is 0 Å². The van der Waals surface area contributed by atoms with Gasteiger partial charge in [-0.15, -0.1) is 12.4 Å². The number of hydrogen-bond acceptors (Lipinski definition) is 2. The summed E-state index contributed by atoms with van der Waals surface area (Å²) in [5.41, 5.74) is 0. The summed E-state index contributed by atoms with van der Waals surface area (Å²) in [7, 11) is 15.1. The van der Waals surface area contributed by atoms with Gasteiger partial charge in [0.15, 0.2) is 0 Å². The van der Waals surface area contributed by atoms with Crippen molar-refractivity contribution in [2.45, 2.75) is 0 Å². The van der Waals surface area contributed by atoms with Crippen molar-refractivity contribution in [2.75, 3.05) is 0 Å². The zero-order valence-corrected chi connectivity index (χ0v) is 9.50. The molecule has 0 bridgehead atoms. The van der Waals surface area contributed by atoms with Gasteiger partial charge in [-0.3, -0.25) is 0 Å². The molecule has 0 fully saturated rings. The van der Waals surface area contributed by atoms with E-state index >= 15 is 0 Å². The number of rotatable bonds is 0. The summed E-state index contributed by atoms with van der Waals surface area (Å²) in [6.07, 6.45) is 0. The molecule has 60 valence electrons. The average molecular weight is 405 g/mol. The zero-order chi connectivity index (χ0) is 6.41. The predicted molar refractivity (Wildman–Crippen MR) is 39.0 cm³/mol. The Bertz CT molecular complexity index is 69.0. The number of nitrogens with two attached hydrogens (primary N) is 2. The summed E-state index contributed by atoms with van der Waals surface area (Å²) in [5, 5.41) is 0. The van der Waals surface area contributed by atoms with E-state index in [2.05, 4.69) is 0 Å². The van der Waals surface area contributed by atoms with Gasteiger partial charge < -0.3 is 0 Å². The molecule has 8 heavy (non-hydrogen) atoms. The van der Waals surface area contributed by atoms with Gasteiger partial charge in [0.1, 0.15) is 0 Å². The summed E-state index contributed by atoms with van der Waals surface area (Å²) in [4.78, 5) is 0. The van der Waals surface area contributed by atoms with Crippen LogP contribution in [0.15, 0.2) is 0 Å². The minimum absolute atomic E-state index is 0. The van der Waals surface area contributed by atoms with Crippen LogP contribution in [0.5, 0.6) is 0 Å². The first-order valence-electron chi connectivity index (χ1n) is 0.843. The molecule has 0 rings (SSSR count). The molecular weight excluding hydrogens is 400 g/mol. The first-order valence-corrected chi connectivity index (χ1v) is 14.7. The van der Waals surface area contributed by atoms with E-state index in [4.69, 9.17) is 46.3 Å². The second-order valence-corrected chi connectivity index (χ2v) is 34.4. The summed E-state index contributed by atoms with van der Waals surface area (Å²) in [6, 6.07) is 0. The Kier molecular flexibility index (Phi) is 3.21. The van der Waals surface area contributed by atoms with E-state index in [0.717, 1.165) is 0 Å². The van der Waals surface area contributed by atoms with E-state index in [0.29, 0.717) is 0 Å². The molecule has 0 aromatic rings. The van der Waals surface area contributed by atoms with Crippen molar-refractivity contribution < 1.29 is 9.90 Å². The minimum atomic E-state index is -5.23. The van der Waals surface area contributed by atoms with Crippen LogP contribution in [-0.4, -0.2) is 0 Å². The molecule has 0 saturated carbocycles. The van der Waals surface area contributed by atoms with E-state index < -0.39 is 9.90 Å². The molecule has 0 unspecified atom stereocenters. The summed E-state index contributed by atoms with van der Waals surface area (Å²) < 4.78 is 9.73. The number of hydrogen-bond donors (Lipinski definition) is 2. The molecule has 0 aliphatic rings. The quantitative estimate of drug-likeness (QED) is 0.648. The van der Waals surface area contributed by atoms with E-state index in [9.17, 15) is 0 Å². The molecule has 0 aliphatic heterocycles. The Hall–Kier alpha value is 2.06. The maximum atomic E-state index is 5.08. The third-order valence-corrected chi connectivity index (χ3v) is 0. The van der Waals surface area contributed by atoms with Crippen molar-refractivity contribution in [3.05, 3.63) is 0 Å². The van der Waals surface area contributed by atoms with Gasteiger partial charge in [-0.05, 0) is 0 Å². The summed E-state index contributed by atoms with van der Waals surface area (Å²) in [5.74, 6) is 0. The molecule has 0 saturated heterocycles. The van der Waals surface area contributed by atoms with Gasteiger partial charge in [0.2, 0.25) is 0 Å². The maximum absolute atomic E-state index is 5.23. The predicted octanol–water partition coefficient (Wildman–Crippen LogP) is 2.00. The molecule has 0 aliphatic carbocycles. The fourth-order valence-corrected chi connectivity index (χ4v) is 0. The molecule has 0 atom stereocenters. The van der Waals surface area contributed by atoms with E-state index in [1.165, 1.54) is 0 Å². The van der Waals surface area contributed by atoms with E-state index in [1.807, 2.05) is 0 Å². The van der Waals surface area contributed by atoms with Crippen molar-refractivity contribution in [3.63, 3.8) is 0 Å². The van der Waals surface area contributed by atoms with Gasteiger partial charge in [0, 0.05) is 0 Å². The fraction of sp³-hybridized carbons (Fsp3) is 0. The first kappa shape index (κ1) is 12.7. The number of halogens is 5. The van der Waals surface area contributed by atoms with Gasteiger partial charge in [-0.25, -0.2) is 0 Å². The third kappa shape index (κ3) is 94.8. The molecule has 0 aromatic heterocycles. The van der Waals surface area contributed by atoms with Crippen LogP contribution in [0.3, 0.4) is 0 Å². The monoisotopic (exact) mass is 403 g/mol. The van der Waals surface area contributed by atoms with Crippen LogP contribution in [0.25, 0.3) is 0 Å². The average Bonchev–Trinajstić information content (AvgIpc) is 0.592. The fourth-order valence-electron chi connectivity index (χ4n) is 0. The molecular formula is H5Cl5N2Pt. The Morgan fingerprint density at radius 1 is 0.875 bits per heavy atom. The topological polar surface area (TPSA) is 52.0 Å². The van der Waals surface area contributed by atoms with Gasteiger partial charge in [-0.2, -0.15) is 0 Å². The van der Waals surface area contributed by atoms with Gasteiger partial charge in [-0.1, -0.05) is 0 Å². The first-order chi connectivity index (χ1) is 2.45. The van der Waals surface area contributed by atoms with Crippen molar-refractivity contribution in [1.29, 1.82) is 0 Å². The SMILES string of the molecule is Cl.[NH2][Pt]([NH2])([Cl])([Cl])([Cl])[Cl]. The van der Waals surface area contributed by atoms with Gasteiger partial charge >= 0.3 is 56.2 Å². The standard InChI is InChI=1S/5ClH.2H2N.Pt/h5*1H;2*1H2;/q;;;;;2*-1;+6/p-4. The zero-order valence-electron chi connectivity index (χ0n) is 3.39. The third-order valence-electron chi connectivity index (χ3n) is 0. The van der Waals surface area contributed by atoms with Crippen LogP contribution >= 0.6 is 50.1 Å². The molecule has 0 heterocycles. The molecule has 0 spiro atoms. The second-order valence-electron chi connectivity index (χ2n) is 0.929. The van der Waals surface area contributed by atoms with Crippen molar-refractivity contribution >= 4 is 50.1 Å². The van der Waals surface area contributed by atoms with Crippen LogP contribution < -0.4 is 8.58 Å². The molecule has 4 N–H and O–H groups in total.